The molecule has 1 aromatic rings. The third-order valence-corrected chi connectivity index (χ3v) is 2.21. The summed E-state index contributed by atoms with van der Waals surface area (Å²) < 4.78 is 0. The molecule has 0 aromatic carbocycles. The predicted molar refractivity (Wildman–Crippen MR) is 61.6 cm³/mol. The van der Waals surface area contributed by atoms with Crippen molar-refractivity contribution in [2.75, 3.05) is 11.9 Å². The van der Waals surface area contributed by atoms with Gasteiger partial charge in [-0.3, -0.25) is 4.79 Å². The number of nitrogens with one attached hydrogen (secondary N) is 1. The van der Waals surface area contributed by atoms with Crippen LogP contribution in [0.2, 0.25) is 5.15 Å². The van der Waals surface area contributed by atoms with Crippen molar-refractivity contribution in [3.63, 3.8) is 0 Å². The van der Waals surface area contributed by atoms with Gasteiger partial charge < -0.3 is 10.4 Å². The second-order valence-electron chi connectivity index (χ2n) is 3.37. The van der Waals surface area contributed by atoms with E-state index in [1.165, 1.54) is 0 Å². The summed E-state index contributed by atoms with van der Waals surface area (Å²) in [5.74, 6) is -0.0563. The Balaban J connectivity index is 2.07. The third-order valence-electron chi connectivity index (χ3n) is 2.01. The highest BCUT2D eigenvalue weighted by Gasteiger charge is 1.97. The summed E-state index contributed by atoms with van der Waals surface area (Å²) in [6.45, 7) is 0.760. The molecule has 5 nitrogen and oxygen atoms in total. The number of carbonyl (C=O) groups is 1. The molecule has 0 aliphatic rings. The van der Waals surface area contributed by atoms with E-state index in [1.54, 1.807) is 12.1 Å². The Morgan fingerprint density at radius 3 is 2.75 bits per heavy atom. The van der Waals surface area contributed by atoms with Crippen LogP contribution in [0.3, 0.4) is 0 Å². The standard InChI is InChI=1S/C10H14ClN3O2/c11-8-5-6-9(14-13-8)12-7-3-1-2-4-10(15)16/h5-6H,1-4,7H2,(H,12,14)(H,15,16). The lowest BCUT2D eigenvalue weighted by Gasteiger charge is -2.03. The van der Waals surface area contributed by atoms with E-state index in [0.717, 1.165) is 19.4 Å². The molecule has 0 amide bonds. The first-order chi connectivity index (χ1) is 7.68. The van der Waals surface area contributed by atoms with Crippen LogP contribution in [0.4, 0.5) is 5.82 Å². The molecule has 1 aromatic heterocycles. The molecule has 0 aliphatic carbocycles. The van der Waals surface area contributed by atoms with Crippen LogP contribution in [0.15, 0.2) is 12.1 Å². The van der Waals surface area contributed by atoms with Gasteiger partial charge in [-0.05, 0) is 25.0 Å². The van der Waals surface area contributed by atoms with Crippen LogP contribution in [0.5, 0.6) is 0 Å². The molecular weight excluding hydrogens is 230 g/mol. The van der Waals surface area contributed by atoms with E-state index in [2.05, 4.69) is 15.5 Å². The Kier molecular flexibility index (Phi) is 5.56. The first kappa shape index (κ1) is 12.7. The molecule has 88 valence electrons. The molecular formula is C10H14ClN3O2. The van der Waals surface area contributed by atoms with E-state index in [1.807, 2.05) is 0 Å². The van der Waals surface area contributed by atoms with Gasteiger partial charge >= 0.3 is 5.97 Å². The average molecular weight is 244 g/mol. The van der Waals surface area contributed by atoms with Gasteiger partial charge in [-0.25, -0.2) is 0 Å². The quantitative estimate of drug-likeness (QED) is 0.718. The zero-order chi connectivity index (χ0) is 11.8. The maximum absolute atomic E-state index is 10.2. The SMILES string of the molecule is O=C(O)CCCCCNc1ccc(Cl)nn1. The van der Waals surface area contributed by atoms with Gasteiger partial charge in [-0.2, -0.15) is 0 Å². The Morgan fingerprint density at radius 1 is 1.31 bits per heavy atom. The number of aromatic nitrogens is 2. The van der Waals surface area contributed by atoms with Crippen LogP contribution in [0, 0.1) is 0 Å². The van der Waals surface area contributed by atoms with E-state index in [-0.39, 0.29) is 6.42 Å². The molecule has 0 atom stereocenters. The molecule has 2 N–H and O–H groups in total. The van der Waals surface area contributed by atoms with Gasteiger partial charge in [0.2, 0.25) is 0 Å². The van der Waals surface area contributed by atoms with Crippen LogP contribution in [0.1, 0.15) is 25.7 Å². The van der Waals surface area contributed by atoms with Crippen molar-refractivity contribution in [3.05, 3.63) is 17.3 Å². The molecule has 0 spiro atoms. The Bertz CT molecular complexity index is 329. The van der Waals surface area contributed by atoms with Gasteiger partial charge in [0.1, 0.15) is 5.82 Å². The zero-order valence-electron chi connectivity index (χ0n) is 8.82. The summed E-state index contributed by atoms with van der Waals surface area (Å²) in [4.78, 5) is 10.2. The number of carboxylic acid groups (broad SMARTS) is 1. The molecule has 0 fully saturated rings. The molecule has 0 saturated heterocycles. The number of unbranched alkanes of at least 4 members (excludes halogenated alkanes) is 2. The lowest BCUT2D eigenvalue weighted by molar-refractivity contribution is -0.137. The van der Waals surface area contributed by atoms with E-state index < -0.39 is 5.97 Å². The lowest BCUT2D eigenvalue weighted by atomic mass is 10.2. The normalized spacial score (nSPS) is 10.1. The molecule has 0 saturated carbocycles. The van der Waals surface area contributed by atoms with Crippen molar-refractivity contribution >= 4 is 23.4 Å². The van der Waals surface area contributed by atoms with Gasteiger partial charge in [0, 0.05) is 13.0 Å². The first-order valence-corrected chi connectivity index (χ1v) is 5.51. The predicted octanol–water partition coefficient (Wildman–Crippen LogP) is 2.19. The molecule has 0 unspecified atom stereocenters. The number of anilines is 1. The van der Waals surface area contributed by atoms with Gasteiger partial charge in [0.05, 0.1) is 0 Å². The highest BCUT2D eigenvalue weighted by molar-refractivity contribution is 6.29. The van der Waals surface area contributed by atoms with Crippen LogP contribution in [-0.4, -0.2) is 27.8 Å². The summed E-state index contributed by atoms with van der Waals surface area (Å²) in [5.41, 5.74) is 0. The number of nitrogens with zero attached hydrogens (tertiary/aromatic N) is 2. The van der Waals surface area contributed by atoms with Crippen molar-refractivity contribution in [3.8, 4) is 0 Å². The number of carboxylic acids is 1. The van der Waals surface area contributed by atoms with Crippen LogP contribution >= 0.6 is 11.6 Å². The molecule has 0 bridgehead atoms. The fourth-order valence-corrected chi connectivity index (χ4v) is 1.31. The monoisotopic (exact) mass is 243 g/mol. The van der Waals surface area contributed by atoms with Crippen LogP contribution in [-0.2, 0) is 4.79 Å². The van der Waals surface area contributed by atoms with E-state index in [4.69, 9.17) is 16.7 Å². The topological polar surface area (TPSA) is 75.1 Å². The van der Waals surface area contributed by atoms with Crippen molar-refractivity contribution in [2.24, 2.45) is 0 Å². The molecule has 0 radical (unpaired) electrons. The van der Waals surface area contributed by atoms with Gasteiger partial charge in [-0.15, -0.1) is 10.2 Å². The zero-order valence-corrected chi connectivity index (χ0v) is 9.57. The van der Waals surface area contributed by atoms with E-state index >= 15 is 0 Å². The van der Waals surface area contributed by atoms with E-state index in [0.29, 0.717) is 17.4 Å². The molecule has 1 heterocycles. The Hall–Kier alpha value is -1.36. The van der Waals surface area contributed by atoms with Gasteiger partial charge in [0.25, 0.3) is 0 Å². The van der Waals surface area contributed by atoms with E-state index in [9.17, 15) is 4.79 Å². The minimum atomic E-state index is -0.739. The van der Waals surface area contributed by atoms with Gasteiger partial charge in [-0.1, -0.05) is 18.0 Å². The average Bonchev–Trinajstić information content (AvgIpc) is 2.25. The number of aliphatic carboxylic acids is 1. The summed E-state index contributed by atoms with van der Waals surface area (Å²) in [5, 5.41) is 19.4. The van der Waals surface area contributed by atoms with Gasteiger partial charge in [0.15, 0.2) is 5.15 Å². The summed E-state index contributed by atoms with van der Waals surface area (Å²) in [6.07, 6.45) is 2.75. The smallest absolute Gasteiger partial charge is 0.303 e. The first-order valence-electron chi connectivity index (χ1n) is 5.13. The van der Waals surface area contributed by atoms with Crippen molar-refractivity contribution in [1.29, 1.82) is 0 Å². The highest BCUT2D eigenvalue weighted by Crippen LogP contribution is 2.06. The molecule has 6 heteroatoms. The fraction of sp³-hybridized carbons (Fsp3) is 0.500. The second kappa shape index (κ2) is 7.00. The molecule has 0 aliphatic heterocycles. The van der Waals surface area contributed by atoms with Crippen LogP contribution < -0.4 is 5.32 Å². The maximum Gasteiger partial charge on any atom is 0.303 e. The summed E-state index contributed by atoms with van der Waals surface area (Å²) in [6, 6.07) is 3.42. The Morgan fingerprint density at radius 2 is 2.12 bits per heavy atom. The minimum Gasteiger partial charge on any atom is -0.481 e. The second-order valence-corrected chi connectivity index (χ2v) is 3.76. The maximum atomic E-state index is 10.2. The van der Waals surface area contributed by atoms with Crippen molar-refractivity contribution in [2.45, 2.75) is 25.7 Å². The summed E-state index contributed by atoms with van der Waals surface area (Å²) >= 11 is 5.59. The lowest BCUT2D eigenvalue weighted by Crippen LogP contribution is -2.04. The minimum absolute atomic E-state index is 0.237. The Labute approximate surface area is 98.8 Å². The van der Waals surface area contributed by atoms with Crippen molar-refractivity contribution in [1.82, 2.24) is 10.2 Å². The molecule has 16 heavy (non-hydrogen) atoms. The van der Waals surface area contributed by atoms with Crippen molar-refractivity contribution < 1.29 is 9.90 Å². The highest BCUT2D eigenvalue weighted by atomic mass is 35.5. The summed E-state index contributed by atoms with van der Waals surface area (Å²) in [7, 11) is 0. The third kappa shape index (κ3) is 5.50. The number of hydrogen-bond donors (Lipinski definition) is 2. The number of halogens is 1. The molecule has 1 rings (SSSR count). The number of hydrogen-bond acceptors (Lipinski definition) is 4. The largest absolute Gasteiger partial charge is 0.481 e. The number of rotatable bonds is 7. The fourth-order valence-electron chi connectivity index (χ4n) is 1.20. The van der Waals surface area contributed by atoms with Crippen LogP contribution in [0.25, 0.3) is 0 Å².